The Morgan fingerprint density at radius 1 is 1.67 bits per heavy atom. The van der Waals surface area contributed by atoms with Crippen LogP contribution in [0.4, 0.5) is 0 Å². The summed E-state index contributed by atoms with van der Waals surface area (Å²) in [5.41, 5.74) is 0. The normalized spacial score (nSPS) is 11.5. The van der Waals surface area contributed by atoms with E-state index in [9.17, 15) is 0 Å². The molecule has 0 unspecified atom stereocenters. The van der Waals surface area contributed by atoms with Gasteiger partial charge in [0.15, 0.2) is 6.34 Å². The highest BCUT2D eigenvalue weighted by Gasteiger charge is 1.52. The molecule has 0 aromatic carbocycles. The molecule has 0 atom stereocenters. The fourth-order valence-corrected chi connectivity index (χ4v) is 0.199. The van der Waals surface area contributed by atoms with Gasteiger partial charge in [0.2, 0.25) is 0 Å². The van der Waals surface area contributed by atoms with Crippen LogP contribution in [-0.4, -0.2) is 15.8 Å². The third-order valence-electron chi connectivity index (χ3n) is 0.175. The number of hydrogen-bond acceptors (Lipinski definition) is 2. The lowest BCUT2D eigenvalue weighted by Gasteiger charge is -1.62. The molecule has 0 radical (unpaired) electrons. The van der Waals surface area contributed by atoms with E-state index in [1.165, 1.54) is 4.22 Å². The molecule has 0 aromatic rings. The van der Waals surface area contributed by atoms with Crippen molar-refractivity contribution in [1.29, 1.82) is 0 Å². The Bertz CT molecular complexity index is 59.9. The van der Waals surface area contributed by atoms with E-state index in [2.05, 4.69) is 10.1 Å². The average Bonchev–Trinajstić information content (AvgIpc) is 1.61. The Balaban J connectivity index is 3.07. The van der Waals surface area contributed by atoms with Gasteiger partial charge in [0.05, 0.1) is 4.22 Å². The van der Waals surface area contributed by atoms with Gasteiger partial charge in [-0.1, -0.05) is 5.16 Å². The molecule has 0 amide bonds. The second kappa shape index (κ2) is 4.87. The number of oxime groups is 1. The van der Waals surface area contributed by atoms with Crippen molar-refractivity contribution >= 4 is 33.2 Å². The molecule has 0 saturated heterocycles. The van der Waals surface area contributed by atoms with Gasteiger partial charge in [-0.3, -0.25) is 0 Å². The SMILES string of the molecule is O/N=C\N=CI. The van der Waals surface area contributed by atoms with E-state index in [0.29, 0.717) is 0 Å². The minimum absolute atomic E-state index is 1.05. The van der Waals surface area contributed by atoms with Gasteiger partial charge in [0.1, 0.15) is 0 Å². The highest BCUT2D eigenvalue weighted by Crippen LogP contribution is 1.66. The molecule has 34 valence electrons. The fraction of sp³-hybridized carbons (Fsp3) is 0. The smallest absolute Gasteiger partial charge is 0.154 e. The number of rotatable bonds is 1. The Labute approximate surface area is 48.9 Å². The minimum atomic E-state index is 1.05. The first kappa shape index (κ1) is 5.87. The predicted molar refractivity (Wildman–Crippen MR) is 32.8 cm³/mol. The van der Waals surface area contributed by atoms with Crippen LogP contribution in [0.3, 0.4) is 0 Å². The van der Waals surface area contributed by atoms with Crippen LogP contribution in [-0.2, 0) is 0 Å². The Morgan fingerprint density at radius 2 is 2.33 bits per heavy atom. The number of aliphatic imine (C=N–C) groups is 1. The first-order valence-electron chi connectivity index (χ1n) is 1.19. The van der Waals surface area contributed by atoms with E-state index in [1.54, 1.807) is 0 Å². The minimum Gasteiger partial charge on any atom is -0.410 e. The zero-order valence-corrected chi connectivity index (χ0v) is 5.03. The lowest BCUT2D eigenvalue weighted by atomic mass is 11.3. The maximum Gasteiger partial charge on any atom is 0.154 e. The third kappa shape index (κ3) is 3.87. The lowest BCUT2D eigenvalue weighted by molar-refractivity contribution is 0.321. The predicted octanol–water partition coefficient (Wildman–Crippen LogP) is 0.867. The van der Waals surface area contributed by atoms with Crippen LogP contribution in [0, 0.1) is 0 Å². The molecule has 0 heterocycles. The molecule has 3 nitrogen and oxygen atoms in total. The Hall–Kier alpha value is -0.130. The van der Waals surface area contributed by atoms with Gasteiger partial charge in [-0.05, 0) is 22.6 Å². The largest absolute Gasteiger partial charge is 0.410 e. The molecule has 0 saturated carbocycles. The first-order chi connectivity index (χ1) is 2.91. The molecule has 0 spiro atoms. The van der Waals surface area contributed by atoms with Crippen LogP contribution >= 0.6 is 22.6 Å². The fourth-order valence-electron chi connectivity index (χ4n) is 0.0550. The van der Waals surface area contributed by atoms with E-state index in [1.807, 2.05) is 22.6 Å². The van der Waals surface area contributed by atoms with Crippen LogP contribution in [0.25, 0.3) is 0 Å². The van der Waals surface area contributed by atoms with E-state index < -0.39 is 0 Å². The van der Waals surface area contributed by atoms with Gasteiger partial charge in [-0.25, -0.2) is 4.99 Å². The Morgan fingerprint density at radius 3 is 2.50 bits per heavy atom. The first-order valence-corrected chi connectivity index (χ1v) is 2.44. The maximum absolute atomic E-state index is 7.65. The molecule has 0 aliphatic rings. The number of nitrogens with zero attached hydrogens (tertiary/aromatic N) is 2. The summed E-state index contributed by atoms with van der Waals surface area (Å²) in [5, 5.41) is 10.2. The zero-order valence-electron chi connectivity index (χ0n) is 2.87. The molecular formula is C2H3IN2O. The zero-order chi connectivity index (χ0) is 4.83. The monoisotopic (exact) mass is 198 g/mol. The van der Waals surface area contributed by atoms with Gasteiger partial charge in [0, 0.05) is 0 Å². The van der Waals surface area contributed by atoms with E-state index in [4.69, 9.17) is 5.21 Å². The molecule has 1 N–H and O–H groups in total. The summed E-state index contributed by atoms with van der Waals surface area (Å²) in [5.74, 6) is 0. The summed E-state index contributed by atoms with van der Waals surface area (Å²) in [4.78, 5) is 3.41. The second-order valence-electron chi connectivity index (χ2n) is 0.478. The van der Waals surface area contributed by atoms with Crippen molar-refractivity contribution in [2.75, 3.05) is 0 Å². The van der Waals surface area contributed by atoms with Crippen molar-refractivity contribution in [2.45, 2.75) is 0 Å². The van der Waals surface area contributed by atoms with Crippen molar-refractivity contribution < 1.29 is 5.21 Å². The summed E-state index contributed by atoms with van der Waals surface area (Å²) in [7, 11) is 0. The highest BCUT2D eigenvalue weighted by atomic mass is 127. The second-order valence-corrected chi connectivity index (χ2v) is 1.03. The van der Waals surface area contributed by atoms with Crippen LogP contribution in [0.15, 0.2) is 10.1 Å². The Kier molecular flexibility index (Phi) is 4.76. The van der Waals surface area contributed by atoms with E-state index >= 15 is 0 Å². The van der Waals surface area contributed by atoms with Crippen molar-refractivity contribution in [1.82, 2.24) is 0 Å². The van der Waals surface area contributed by atoms with Crippen LogP contribution in [0.5, 0.6) is 0 Å². The third-order valence-corrected chi connectivity index (χ3v) is 0.496. The van der Waals surface area contributed by atoms with Crippen molar-refractivity contribution in [3.63, 3.8) is 0 Å². The molecule has 0 rings (SSSR count). The van der Waals surface area contributed by atoms with Gasteiger partial charge >= 0.3 is 0 Å². The van der Waals surface area contributed by atoms with E-state index in [-0.39, 0.29) is 0 Å². The van der Waals surface area contributed by atoms with Crippen molar-refractivity contribution in [2.24, 2.45) is 10.1 Å². The van der Waals surface area contributed by atoms with Crippen molar-refractivity contribution in [3.8, 4) is 0 Å². The standard InChI is InChI=1S/C2H3IN2O/c3-1-4-2-5-6/h1-2,6H/b4-1?,5-2-. The molecule has 0 aliphatic carbocycles. The number of halogens is 1. The quantitative estimate of drug-likeness (QED) is 0.219. The lowest BCUT2D eigenvalue weighted by Crippen LogP contribution is -1.59. The van der Waals surface area contributed by atoms with Gasteiger partial charge in [-0.15, -0.1) is 0 Å². The molecule has 0 aromatic heterocycles. The van der Waals surface area contributed by atoms with Crippen molar-refractivity contribution in [3.05, 3.63) is 0 Å². The van der Waals surface area contributed by atoms with Gasteiger partial charge in [-0.2, -0.15) is 0 Å². The molecule has 0 aliphatic heterocycles. The molecule has 4 heteroatoms. The molecule has 0 bridgehead atoms. The van der Waals surface area contributed by atoms with Crippen LogP contribution < -0.4 is 0 Å². The van der Waals surface area contributed by atoms with Gasteiger partial charge < -0.3 is 5.21 Å². The van der Waals surface area contributed by atoms with Gasteiger partial charge in [0.25, 0.3) is 0 Å². The van der Waals surface area contributed by atoms with Crippen LogP contribution in [0.1, 0.15) is 0 Å². The highest BCUT2D eigenvalue weighted by molar-refractivity contribution is 14.1. The van der Waals surface area contributed by atoms with E-state index in [0.717, 1.165) is 6.34 Å². The average molecular weight is 198 g/mol. The van der Waals surface area contributed by atoms with Crippen LogP contribution in [0.2, 0.25) is 0 Å². The molecular weight excluding hydrogens is 195 g/mol. The summed E-state index contributed by atoms with van der Waals surface area (Å²) >= 11 is 1.92. The summed E-state index contributed by atoms with van der Waals surface area (Å²) < 4.78 is 1.50. The number of hydrogen-bond donors (Lipinski definition) is 1. The summed E-state index contributed by atoms with van der Waals surface area (Å²) in [6.45, 7) is 0. The molecule has 6 heavy (non-hydrogen) atoms. The maximum atomic E-state index is 7.65. The topological polar surface area (TPSA) is 45.0 Å². The molecule has 0 fully saturated rings. The summed E-state index contributed by atoms with van der Waals surface area (Å²) in [6.07, 6.45) is 1.05. The summed E-state index contributed by atoms with van der Waals surface area (Å²) in [6, 6.07) is 0.